The maximum Gasteiger partial charge on any atom is 0.201 e. The lowest BCUT2D eigenvalue weighted by atomic mass is 10.1. The molecule has 1 heterocycles. The molecule has 0 spiro atoms. The van der Waals surface area contributed by atoms with Crippen LogP contribution in [-0.2, 0) is 0 Å². The molecule has 0 saturated heterocycles. The zero-order valence-electron chi connectivity index (χ0n) is 8.12. The fourth-order valence-corrected chi connectivity index (χ4v) is 1.70. The predicted octanol–water partition coefficient (Wildman–Crippen LogP) is 3.20. The van der Waals surface area contributed by atoms with Crippen LogP contribution in [0.2, 0.25) is 5.02 Å². The van der Waals surface area contributed by atoms with Crippen LogP contribution in [0.4, 0.5) is 5.88 Å². The largest absolute Gasteiger partial charge is 0.504 e. The third-order valence-electron chi connectivity index (χ3n) is 2.26. The average molecular weight is 224 g/mol. The molecule has 0 aliphatic carbocycles. The lowest BCUT2D eigenvalue weighted by molar-refractivity contribution is 0.461. The Hall–Kier alpha value is -1.61. The molecule has 0 bridgehead atoms. The van der Waals surface area contributed by atoms with Crippen LogP contribution in [-0.4, -0.2) is 5.11 Å². The van der Waals surface area contributed by atoms with Crippen molar-refractivity contribution >= 4 is 17.5 Å². The Morgan fingerprint density at radius 3 is 2.73 bits per heavy atom. The number of rotatable bonds is 1. The van der Waals surface area contributed by atoms with E-state index in [1.54, 1.807) is 6.07 Å². The highest BCUT2D eigenvalue weighted by atomic mass is 35.5. The summed E-state index contributed by atoms with van der Waals surface area (Å²) >= 11 is 6.12. The molecule has 1 aromatic heterocycles. The van der Waals surface area contributed by atoms with Crippen LogP contribution in [0.15, 0.2) is 28.9 Å². The van der Waals surface area contributed by atoms with E-state index in [4.69, 9.17) is 21.8 Å². The molecular weight excluding hydrogens is 214 g/mol. The van der Waals surface area contributed by atoms with Crippen LogP contribution < -0.4 is 5.73 Å². The van der Waals surface area contributed by atoms with Gasteiger partial charge in [-0.05, 0) is 12.5 Å². The highest BCUT2D eigenvalue weighted by molar-refractivity contribution is 6.34. The normalized spacial score (nSPS) is 10.5. The fourth-order valence-electron chi connectivity index (χ4n) is 1.47. The van der Waals surface area contributed by atoms with Crippen molar-refractivity contribution in [2.45, 2.75) is 6.92 Å². The molecular formula is C11H10ClNO2. The van der Waals surface area contributed by atoms with E-state index in [2.05, 4.69) is 0 Å². The maximum absolute atomic E-state index is 9.57. The molecule has 15 heavy (non-hydrogen) atoms. The number of furan rings is 1. The van der Waals surface area contributed by atoms with Crippen molar-refractivity contribution in [1.29, 1.82) is 0 Å². The maximum atomic E-state index is 9.57. The molecule has 0 fully saturated rings. The smallest absolute Gasteiger partial charge is 0.201 e. The third kappa shape index (κ3) is 1.55. The second kappa shape index (κ2) is 3.51. The van der Waals surface area contributed by atoms with Gasteiger partial charge in [0, 0.05) is 5.56 Å². The van der Waals surface area contributed by atoms with Crippen molar-refractivity contribution in [3.8, 4) is 16.9 Å². The third-order valence-corrected chi connectivity index (χ3v) is 2.76. The standard InChI is InChI=1S/C11H10ClNO2/c1-6-3-2-4-7(10(6)12)9-8(14)5-15-11(9)13/h2-5,14H,13H2,1H3. The van der Waals surface area contributed by atoms with E-state index >= 15 is 0 Å². The molecule has 0 amide bonds. The second-order valence-electron chi connectivity index (χ2n) is 3.30. The minimum absolute atomic E-state index is 0.000000000000000222. The van der Waals surface area contributed by atoms with Crippen LogP contribution in [0, 0.1) is 6.92 Å². The molecule has 4 heteroatoms. The molecule has 3 N–H and O–H groups in total. The Morgan fingerprint density at radius 2 is 2.13 bits per heavy atom. The van der Waals surface area contributed by atoms with E-state index < -0.39 is 0 Å². The molecule has 78 valence electrons. The van der Waals surface area contributed by atoms with E-state index in [9.17, 15) is 5.11 Å². The number of aromatic hydroxyl groups is 1. The summed E-state index contributed by atoms with van der Waals surface area (Å²) in [4.78, 5) is 0. The van der Waals surface area contributed by atoms with Crippen molar-refractivity contribution in [1.82, 2.24) is 0 Å². The Labute approximate surface area is 92.1 Å². The zero-order valence-corrected chi connectivity index (χ0v) is 8.88. The van der Waals surface area contributed by atoms with Crippen LogP contribution in [0.25, 0.3) is 11.1 Å². The summed E-state index contributed by atoms with van der Waals surface area (Å²) in [7, 11) is 0. The number of nitrogens with two attached hydrogens (primary N) is 1. The molecule has 0 radical (unpaired) electrons. The first-order chi connectivity index (χ1) is 7.11. The first-order valence-electron chi connectivity index (χ1n) is 4.42. The Morgan fingerprint density at radius 1 is 1.40 bits per heavy atom. The lowest BCUT2D eigenvalue weighted by Gasteiger charge is -2.05. The second-order valence-corrected chi connectivity index (χ2v) is 3.67. The number of aryl methyl sites for hydroxylation is 1. The molecule has 0 aliphatic heterocycles. The van der Waals surface area contributed by atoms with Crippen molar-refractivity contribution in [3.63, 3.8) is 0 Å². The Balaban J connectivity index is 2.69. The fraction of sp³-hybridized carbons (Fsp3) is 0.0909. The van der Waals surface area contributed by atoms with E-state index in [0.717, 1.165) is 5.56 Å². The van der Waals surface area contributed by atoms with Crippen LogP contribution in [0.1, 0.15) is 5.56 Å². The number of anilines is 1. The SMILES string of the molecule is Cc1cccc(-c2c(O)coc2N)c1Cl. The van der Waals surface area contributed by atoms with Gasteiger partial charge in [-0.1, -0.05) is 29.8 Å². The van der Waals surface area contributed by atoms with Crippen molar-refractivity contribution < 1.29 is 9.52 Å². The predicted molar refractivity (Wildman–Crippen MR) is 60.0 cm³/mol. The Bertz CT molecular complexity index is 486. The number of benzene rings is 1. The monoisotopic (exact) mass is 223 g/mol. The molecule has 0 saturated carbocycles. The number of nitrogen functional groups attached to an aromatic ring is 1. The topological polar surface area (TPSA) is 59.4 Å². The molecule has 2 aromatic rings. The summed E-state index contributed by atoms with van der Waals surface area (Å²) in [6.45, 7) is 1.89. The number of hydrogen-bond donors (Lipinski definition) is 2. The van der Waals surface area contributed by atoms with Crippen LogP contribution >= 0.6 is 11.6 Å². The highest BCUT2D eigenvalue weighted by Gasteiger charge is 2.16. The van der Waals surface area contributed by atoms with Gasteiger partial charge in [-0.25, -0.2) is 0 Å². The molecule has 3 nitrogen and oxygen atoms in total. The highest BCUT2D eigenvalue weighted by Crippen LogP contribution is 2.40. The first-order valence-corrected chi connectivity index (χ1v) is 4.80. The summed E-state index contributed by atoms with van der Waals surface area (Å²) in [6.07, 6.45) is 1.20. The van der Waals surface area contributed by atoms with E-state index in [0.29, 0.717) is 16.1 Å². The van der Waals surface area contributed by atoms with Gasteiger partial charge in [-0.2, -0.15) is 0 Å². The molecule has 0 atom stereocenters. The molecule has 2 rings (SSSR count). The van der Waals surface area contributed by atoms with Crippen molar-refractivity contribution in [3.05, 3.63) is 35.0 Å². The summed E-state index contributed by atoms with van der Waals surface area (Å²) < 4.78 is 4.91. The van der Waals surface area contributed by atoms with Gasteiger partial charge in [0.1, 0.15) is 6.26 Å². The van der Waals surface area contributed by atoms with E-state index in [1.165, 1.54) is 6.26 Å². The summed E-state index contributed by atoms with van der Waals surface area (Å²) in [5.74, 6) is 0.167. The number of hydrogen-bond acceptors (Lipinski definition) is 3. The molecule has 1 aromatic carbocycles. The van der Waals surface area contributed by atoms with Gasteiger partial charge < -0.3 is 15.3 Å². The average Bonchev–Trinajstić information content (AvgIpc) is 2.52. The van der Waals surface area contributed by atoms with Crippen molar-refractivity contribution in [2.24, 2.45) is 0 Å². The summed E-state index contributed by atoms with van der Waals surface area (Å²) in [6, 6.07) is 5.53. The van der Waals surface area contributed by atoms with Gasteiger partial charge >= 0.3 is 0 Å². The molecule has 0 aliphatic rings. The lowest BCUT2D eigenvalue weighted by Crippen LogP contribution is -1.87. The van der Waals surface area contributed by atoms with Gasteiger partial charge in [0.2, 0.25) is 5.88 Å². The summed E-state index contributed by atoms with van der Waals surface area (Å²) in [5, 5.41) is 10.1. The Kier molecular flexibility index (Phi) is 2.32. The van der Waals surface area contributed by atoms with E-state index in [-0.39, 0.29) is 11.6 Å². The van der Waals surface area contributed by atoms with Gasteiger partial charge in [0.25, 0.3) is 0 Å². The number of halogens is 1. The minimum atomic E-state index is 0.000000000000000222. The molecule has 0 unspecified atom stereocenters. The van der Waals surface area contributed by atoms with Gasteiger partial charge in [0.15, 0.2) is 5.75 Å². The quantitative estimate of drug-likeness (QED) is 0.781. The van der Waals surface area contributed by atoms with Gasteiger partial charge in [0.05, 0.1) is 10.6 Å². The van der Waals surface area contributed by atoms with E-state index in [1.807, 2.05) is 19.1 Å². The summed E-state index contributed by atoms with van der Waals surface area (Å²) in [5.41, 5.74) is 7.66. The zero-order chi connectivity index (χ0) is 11.0. The van der Waals surface area contributed by atoms with Gasteiger partial charge in [-0.3, -0.25) is 0 Å². The van der Waals surface area contributed by atoms with Crippen molar-refractivity contribution in [2.75, 3.05) is 5.73 Å². The van der Waals surface area contributed by atoms with Crippen LogP contribution in [0.5, 0.6) is 5.75 Å². The van der Waals surface area contributed by atoms with Crippen LogP contribution in [0.3, 0.4) is 0 Å². The minimum Gasteiger partial charge on any atom is -0.504 e. The first kappa shape index (κ1) is 9.93. The van der Waals surface area contributed by atoms with Gasteiger partial charge in [-0.15, -0.1) is 0 Å².